The number of nitrogens with two attached hydrogens (primary N) is 1. The molecule has 3 heteroatoms. The highest BCUT2D eigenvalue weighted by molar-refractivity contribution is 5.50. The fraction of sp³-hybridized carbons (Fsp3) is 0.538. The highest BCUT2D eigenvalue weighted by atomic mass is 19.1. The normalized spacial score (nSPS) is 17.9. The molecule has 0 heterocycles. The van der Waals surface area contributed by atoms with Crippen molar-refractivity contribution in [3.63, 3.8) is 0 Å². The summed E-state index contributed by atoms with van der Waals surface area (Å²) < 4.78 is 13.8. The van der Waals surface area contributed by atoms with E-state index in [2.05, 4.69) is 11.8 Å². The first kappa shape index (κ1) is 11.4. The third-order valence-electron chi connectivity index (χ3n) is 3.41. The van der Waals surface area contributed by atoms with E-state index in [1.54, 1.807) is 6.07 Å². The monoisotopic (exact) mass is 222 g/mol. The lowest BCUT2D eigenvalue weighted by atomic mass is 9.90. The Morgan fingerprint density at radius 1 is 1.44 bits per heavy atom. The fourth-order valence-electron chi connectivity index (χ4n) is 2.23. The molecule has 0 radical (unpaired) electrons. The minimum atomic E-state index is -0.144. The summed E-state index contributed by atoms with van der Waals surface area (Å²) in [7, 11) is 0. The summed E-state index contributed by atoms with van der Waals surface area (Å²) >= 11 is 0. The smallest absolute Gasteiger partial charge is 0.146 e. The highest BCUT2D eigenvalue weighted by Crippen LogP contribution is 2.32. The van der Waals surface area contributed by atoms with Crippen LogP contribution >= 0.6 is 0 Å². The third-order valence-corrected chi connectivity index (χ3v) is 3.41. The Bertz CT molecular complexity index is 345. The molecule has 1 fully saturated rings. The van der Waals surface area contributed by atoms with Gasteiger partial charge in [0, 0.05) is 18.6 Å². The predicted molar refractivity (Wildman–Crippen MR) is 65.0 cm³/mol. The van der Waals surface area contributed by atoms with E-state index in [0.29, 0.717) is 18.3 Å². The first-order chi connectivity index (χ1) is 7.74. The van der Waals surface area contributed by atoms with Gasteiger partial charge in [-0.3, -0.25) is 0 Å². The number of para-hydroxylation sites is 1. The summed E-state index contributed by atoms with van der Waals surface area (Å²) in [5.41, 5.74) is 6.41. The topological polar surface area (TPSA) is 29.3 Å². The molecule has 1 aromatic rings. The Kier molecular flexibility index (Phi) is 3.44. The van der Waals surface area contributed by atoms with E-state index in [1.807, 2.05) is 12.1 Å². The van der Waals surface area contributed by atoms with Crippen molar-refractivity contribution in [3.05, 3.63) is 30.1 Å². The molecule has 1 aliphatic carbocycles. The van der Waals surface area contributed by atoms with Gasteiger partial charge in [-0.15, -0.1) is 0 Å². The Morgan fingerprint density at radius 2 is 2.12 bits per heavy atom. The number of nitrogens with zero attached hydrogens (tertiary/aromatic N) is 1. The lowest BCUT2D eigenvalue weighted by Gasteiger charge is -2.43. The summed E-state index contributed by atoms with van der Waals surface area (Å²) in [4.78, 5) is 2.15. The lowest BCUT2D eigenvalue weighted by Crippen LogP contribution is -2.49. The van der Waals surface area contributed by atoms with Crippen molar-refractivity contribution in [1.82, 2.24) is 0 Å². The molecule has 0 spiro atoms. The minimum Gasteiger partial charge on any atom is -0.362 e. The molecule has 0 bridgehead atoms. The van der Waals surface area contributed by atoms with Crippen molar-refractivity contribution >= 4 is 5.69 Å². The lowest BCUT2D eigenvalue weighted by molar-refractivity contribution is 0.361. The van der Waals surface area contributed by atoms with E-state index < -0.39 is 0 Å². The van der Waals surface area contributed by atoms with Crippen LogP contribution in [0.4, 0.5) is 10.1 Å². The number of anilines is 1. The number of rotatable bonds is 4. The van der Waals surface area contributed by atoms with Gasteiger partial charge in [0.1, 0.15) is 5.82 Å². The molecule has 1 aromatic carbocycles. The average molecular weight is 222 g/mol. The van der Waals surface area contributed by atoms with Gasteiger partial charge in [-0.25, -0.2) is 4.39 Å². The maximum absolute atomic E-state index is 13.8. The molecule has 0 amide bonds. The molecule has 1 atom stereocenters. The van der Waals surface area contributed by atoms with Crippen molar-refractivity contribution in [2.45, 2.75) is 38.3 Å². The highest BCUT2D eigenvalue weighted by Gasteiger charge is 2.29. The second kappa shape index (κ2) is 4.83. The molecule has 2 rings (SSSR count). The Balaban J connectivity index is 2.27. The van der Waals surface area contributed by atoms with Crippen molar-refractivity contribution in [3.8, 4) is 0 Å². The van der Waals surface area contributed by atoms with Gasteiger partial charge >= 0.3 is 0 Å². The number of hydrogen-bond acceptors (Lipinski definition) is 2. The number of hydrogen-bond donors (Lipinski definition) is 1. The van der Waals surface area contributed by atoms with Gasteiger partial charge in [0.25, 0.3) is 0 Å². The second-order valence-electron chi connectivity index (χ2n) is 4.53. The Morgan fingerprint density at radius 3 is 2.62 bits per heavy atom. The van der Waals surface area contributed by atoms with Gasteiger partial charge in [0.05, 0.1) is 5.69 Å². The van der Waals surface area contributed by atoms with Crippen LogP contribution in [0.25, 0.3) is 0 Å². The van der Waals surface area contributed by atoms with Gasteiger partial charge in [-0.05, 0) is 38.3 Å². The summed E-state index contributed by atoms with van der Waals surface area (Å²) in [5, 5.41) is 0. The van der Waals surface area contributed by atoms with Crippen LogP contribution in [0.3, 0.4) is 0 Å². The molecule has 1 saturated carbocycles. The van der Waals surface area contributed by atoms with Crippen molar-refractivity contribution in [2.24, 2.45) is 5.73 Å². The van der Waals surface area contributed by atoms with Crippen molar-refractivity contribution in [2.75, 3.05) is 11.4 Å². The molecule has 2 N–H and O–H groups in total. The molecule has 1 unspecified atom stereocenters. The quantitative estimate of drug-likeness (QED) is 0.848. The fourth-order valence-corrected chi connectivity index (χ4v) is 2.23. The van der Waals surface area contributed by atoms with E-state index >= 15 is 0 Å². The first-order valence-corrected chi connectivity index (χ1v) is 5.97. The van der Waals surface area contributed by atoms with Gasteiger partial charge in [-0.1, -0.05) is 12.1 Å². The van der Waals surface area contributed by atoms with Gasteiger partial charge < -0.3 is 10.6 Å². The zero-order chi connectivity index (χ0) is 11.5. The minimum absolute atomic E-state index is 0.144. The van der Waals surface area contributed by atoms with Gasteiger partial charge in [0.15, 0.2) is 0 Å². The van der Waals surface area contributed by atoms with Crippen LogP contribution in [-0.4, -0.2) is 18.6 Å². The van der Waals surface area contributed by atoms with Crippen LogP contribution in [0, 0.1) is 5.82 Å². The Hall–Kier alpha value is -1.09. The SMILES string of the molecule is CC(CN)N(c1ccccc1F)C1CCC1. The summed E-state index contributed by atoms with van der Waals surface area (Å²) in [6.07, 6.45) is 3.55. The molecule has 16 heavy (non-hydrogen) atoms. The maximum Gasteiger partial charge on any atom is 0.146 e. The van der Waals surface area contributed by atoms with Crippen molar-refractivity contribution < 1.29 is 4.39 Å². The van der Waals surface area contributed by atoms with E-state index in [4.69, 9.17) is 5.73 Å². The molecule has 0 saturated heterocycles. The van der Waals surface area contributed by atoms with Crippen LogP contribution in [0.5, 0.6) is 0 Å². The molecular formula is C13H19FN2. The summed E-state index contributed by atoms with van der Waals surface area (Å²) in [6.45, 7) is 2.62. The third kappa shape index (κ3) is 2.05. The molecule has 1 aliphatic rings. The zero-order valence-electron chi connectivity index (χ0n) is 9.70. The average Bonchev–Trinajstić information content (AvgIpc) is 2.23. The van der Waals surface area contributed by atoms with Gasteiger partial charge in [0.2, 0.25) is 0 Å². The standard InChI is InChI=1S/C13H19FN2/c1-10(9-15)16(11-5-4-6-11)13-8-3-2-7-12(13)14/h2-3,7-8,10-11H,4-6,9,15H2,1H3. The Labute approximate surface area is 96.2 Å². The first-order valence-electron chi connectivity index (χ1n) is 5.97. The van der Waals surface area contributed by atoms with E-state index in [1.165, 1.54) is 12.5 Å². The zero-order valence-corrected chi connectivity index (χ0v) is 9.70. The summed E-state index contributed by atoms with van der Waals surface area (Å²) in [5.74, 6) is -0.144. The second-order valence-corrected chi connectivity index (χ2v) is 4.53. The van der Waals surface area contributed by atoms with Gasteiger partial charge in [-0.2, -0.15) is 0 Å². The van der Waals surface area contributed by atoms with Crippen LogP contribution in [0.2, 0.25) is 0 Å². The van der Waals surface area contributed by atoms with Crippen molar-refractivity contribution in [1.29, 1.82) is 0 Å². The summed E-state index contributed by atoms with van der Waals surface area (Å²) in [6, 6.07) is 7.64. The van der Waals surface area contributed by atoms with Crippen LogP contribution in [-0.2, 0) is 0 Å². The van der Waals surface area contributed by atoms with E-state index in [0.717, 1.165) is 12.8 Å². The molecular weight excluding hydrogens is 203 g/mol. The predicted octanol–water partition coefficient (Wildman–Crippen LogP) is 2.53. The molecule has 88 valence electrons. The van der Waals surface area contributed by atoms with E-state index in [-0.39, 0.29) is 11.9 Å². The molecule has 0 aliphatic heterocycles. The van der Waals surface area contributed by atoms with Crippen LogP contribution in [0.1, 0.15) is 26.2 Å². The van der Waals surface area contributed by atoms with E-state index in [9.17, 15) is 4.39 Å². The van der Waals surface area contributed by atoms with Crippen LogP contribution < -0.4 is 10.6 Å². The molecule has 2 nitrogen and oxygen atoms in total. The maximum atomic E-state index is 13.8. The number of halogens is 1. The van der Waals surface area contributed by atoms with Crippen LogP contribution in [0.15, 0.2) is 24.3 Å². The number of benzene rings is 1. The largest absolute Gasteiger partial charge is 0.362 e. The molecule has 0 aromatic heterocycles.